The first-order chi connectivity index (χ1) is 20.5. The van der Waals surface area contributed by atoms with E-state index in [2.05, 4.69) is 10.6 Å². The van der Waals surface area contributed by atoms with Crippen LogP contribution in [-0.2, 0) is 51.2 Å². The Morgan fingerprint density at radius 3 is 1.45 bits per heavy atom. The fraction of sp³-hybridized carbons (Fsp3) is 0.467. The summed E-state index contributed by atoms with van der Waals surface area (Å²) in [6, 6.07) is 19.3. The highest BCUT2D eigenvalue weighted by molar-refractivity contribution is 5.93. The van der Waals surface area contributed by atoms with Crippen LogP contribution in [0.4, 0.5) is 0 Å². The van der Waals surface area contributed by atoms with Gasteiger partial charge in [-0.1, -0.05) is 60.7 Å². The van der Waals surface area contributed by atoms with Gasteiger partial charge in [0.15, 0.2) is 37.0 Å². The van der Waals surface area contributed by atoms with Gasteiger partial charge in [-0.3, -0.25) is 19.2 Å². The highest BCUT2D eigenvalue weighted by Gasteiger charge is 2.52. The number of unbranched alkanes of at least 4 members (excludes halogenated alkanes) is 1. The molecule has 0 aliphatic carbocycles. The first-order valence-electron chi connectivity index (χ1n) is 14.3. The van der Waals surface area contributed by atoms with Crippen LogP contribution in [-0.4, -0.2) is 96.6 Å². The molecule has 4 aliphatic rings. The molecule has 4 heterocycles. The van der Waals surface area contributed by atoms with Crippen molar-refractivity contribution in [3.63, 3.8) is 0 Å². The Bertz CT molecular complexity index is 1200. The number of carbonyl (C=O) groups excluding carboxylic acids is 4. The summed E-state index contributed by atoms with van der Waals surface area (Å²) in [4.78, 5) is 54.7. The number of benzene rings is 2. The molecular formula is C30H34N4O8. The lowest BCUT2D eigenvalue weighted by Crippen LogP contribution is -2.51. The molecule has 4 fully saturated rings. The number of nitrogens with zero attached hydrogens (tertiary/aromatic N) is 2. The number of ether oxygens (including phenoxy) is 4. The summed E-state index contributed by atoms with van der Waals surface area (Å²) in [5, 5.41) is 5.61. The molecule has 6 unspecified atom stereocenters. The number of nitrogens with one attached hydrogen (secondary N) is 2. The number of carbonyl (C=O) groups is 4. The Balaban J connectivity index is 0.897. The minimum absolute atomic E-state index is 0.264. The van der Waals surface area contributed by atoms with Crippen LogP contribution in [0, 0.1) is 0 Å². The van der Waals surface area contributed by atoms with E-state index < -0.39 is 48.8 Å². The van der Waals surface area contributed by atoms with E-state index >= 15 is 0 Å². The minimum atomic E-state index is -0.999. The predicted octanol–water partition coefficient (Wildman–Crippen LogP) is 0.304. The van der Waals surface area contributed by atoms with Crippen LogP contribution in [0.25, 0.3) is 0 Å². The molecule has 12 heteroatoms. The molecule has 2 N–H and O–H groups in total. The van der Waals surface area contributed by atoms with Crippen molar-refractivity contribution in [2.45, 2.75) is 62.9 Å². The molecule has 0 spiro atoms. The average Bonchev–Trinajstić information content (AvgIpc) is 3.56. The first kappa shape index (κ1) is 28.3. The molecule has 2 aromatic carbocycles. The summed E-state index contributed by atoms with van der Waals surface area (Å²) < 4.78 is 22.7. The maximum absolute atomic E-state index is 12.9. The Morgan fingerprint density at radius 2 is 1.05 bits per heavy atom. The van der Waals surface area contributed by atoms with Gasteiger partial charge in [-0.25, -0.2) is 0 Å². The summed E-state index contributed by atoms with van der Waals surface area (Å²) >= 11 is 0. The fourth-order valence-electron chi connectivity index (χ4n) is 5.62. The molecule has 6 atom stereocenters. The van der Waals surface area contributed by atoms with E-state index in [-0.39, 0.29) is 24.9 Å². The van der Waals surface area contributed by atoms with Gasteiger partial charge in [-0.15, -0.1) is 0 Å². The second-order valence-electron chi connectivity index (χ2n) is 10.8. The Labute approximate surface area is 243 Å². The number of rotatable bonds is 11. The van der Waals surface area contributed by atoms with Gasteiger partial charge in [-0.2, -0.15) is 0 Å². The summed E-state index contributed by atoms with van der Waals surface area (Å²) in [7, 11) is 0. The number of hydrogen-bond acceptors (Lipinski definition) is 8. The number of hydrogen-bond donors (Lipinski definition) is 2. The highest BCUT2D eigenvalue weighted by atomic mass is 16.7. The third kappa shape index (κ3) is 6.16. The largest absolute Gasteiger partial charge is 0.354 e. The van der Waals surface area contributed by atoms with Crippen LogP contribution < -0.4 is 10.6 Å². The van der Waals surface area contributed by atoms with Crippen molar-refractivity contribution in [2.24, 2.45) is 0 Å². The van der Waals surface area contributed by atoms with Crippen LogP contribution in [0.2, 0.25) is 0 Å². The Kier molecular flexibility index (Phi) is 8.47. The Morgan fingerprint density at radius 1 is 0.643 bits per heavy atom. The van der Waals surface area contributed by atoms with Crippen molar-refractivity contribution in [1.29, 1.82) is 0 Å². The van der Waals surface area contributed by atoms with Crippen LogP contribution in [0.15, 0.2) is 60.7 Å². The fourth-order valence-corrected chi connectivity index (χ4v) is 5.62. The summed E-state index contributed by atoms with van der Waals surface area (Å²) in [5.41, 5.74) is 1.99. The lowest BCUT2D eigenvalue weighted by Gasteiger charge is -2.30. The maximum Gasteiger partial charge on any atom is 0.255 e. The standard InChI is InChI=1S/C30H34N4O8/c35-27(23-25-29(37)33(17-21(39-23)41-25)15-19-9-3-1-4-10-19)31-13-7-8-14-32-28(36)24-26-30(38)34(18-22(40-24)42-26)16-20-11-5-2-6-12-20/h1-6,9-12,21-26H,7-8,13-18H2,(H,31,35)(H,32,36). The van der Waals surface area contributed by atoms with Crippen LogP contribution in [0.1, 0.15) is 24.0 Å². The third-order valence-corrected chi connectivity index (χ3v) is 7.74. The second kappa shape index (κ2) is 12.6. The predicted molar refractivity (Wildman–Crippen MR) is 146 cm³/mol. The van der Waals surface area contributed by atoms with E-state index in [0.717, 1.165) is 11.1 Å². The minimum Gasteiger partial charge on any atom is -0.354 e. The van der Waals surface area contributed by atoms with Crippen molar-refractivity contribution in [3.05, 3.63) is 71.8 Å². The zero-order valence-corrected chi connectivity index (χ0v) is 23.1. The Hall–Kier alpha value is -3.84. The van der Waals surface area contributed by atoms with E-state index in [9.17, 15) is 19.2 Å². The quantitative estimate of drug-likeness (QED) is 0.364. The summed E-state index contributed by atoms with van der Waals surface area (Å²) in [5.74, 6) is -1.33. The second-order valence-corrected chi connectivity index (χ2v) is 10.8. The smallest absolute Gasteiger partial charge is 0.255 e. The van der Waals surface area contributed by atoms with Gasteiger partial charge in [0.2, 0.25) is 0 Å². The lowest BCUT2D eigenvalue weighted by atomic mass is 10.1. The normalized spacial score (nSPS) is 28.2. The van der Waals surface area contributed by atoms with Gasteiger partial charge in [0.25, 0.3) is 23.6 Å². The van der Waals surface area contributed by atoms with Gasteiger partial charge in [0, 0.05) is 26.2 Å². The molecule has 42 heavy (non-hydrogen) atoms. The molecule has 0 aromatic heterocycles. The molecule has 4 saturated heterocycles. The zero-order valence-electron chi connectivity index (χ0n) is 23.1. The molecule has 12 nitrogen and oxygen atoms in total. The molecule has 0 radical (unpaired) electrons. The summed E-state index contributed by atoms with van der Waals surface area (Å²) in [6.45, 7) is 2.07. The topological polar surface area (TPSA) is 136 Å². The van der Waals surface area contributed by atoms with E-state index in [1.807, 2.05) is 60.7 Å². The lowest BCUT2D eigenvalue weighted by molar-refractivity contribution is -0.163. The monoisotopic (exact) mass is 578 g/mol. The van der Waals surface area contributed by atoms with Gasteiger partial charge in [-0.05, 0) is 24.0 Å². The van der Waals surface area contributed by atoms with E-state index in [1.54, 1.807) is 9.80 Å². The van der Waals surface area contributed by atoms with Gasteiger partial charge in [0.1, 0.15) is 0 Å². The highest BCUT2D eigenvalue weighted by Crippen LogP contribution is 2.29. The van der Waals surface area contributed by atoms with Crippen molar-refractivity contribution >= 4 is 23.6 Å². The third-order valence-electron chi connectivity index (χ3n) is 7.74. The van der Waals surface area contributed by atoms with Crippen molar-refractivity contribution in [3.8, 4) is 0 Å². The SMILES string of the molecule is O=C(NCCCCNC(=O)C1OC2CN(Cc3ccccc3)C(=O)C1O2)C1OC2CN(Cc3ccccc3)C(=O)C1O2. The molecule has 2 aromatic rings. The molecule has 4 amide bonds. The van der Waals surface area contributed by atoms with Crippen molar-refractivity contribution in [1.82, 2.24) is 20.4 Å². The van der Waals surface area contributed by atoms with E-state index in [0.29, 0.717) is 39.0 Å². The van der Waals surface area contributed by atoms with Crippen molar-refractivity contribution < 1.29 is 38.1 Å². The number of amides is 4. The van der Waals surface area contributed by atoms with Crippen LogP contribution in [0.5, 0.6) is 0 Å². The average molecular weight is 579 g/mol. The number of fused-ring (bicyclic) bond motifs is 4. The van der Waals surface area contributed by atoms with Gasteiger partial charge < -0.3 is 39.4 Å². The van der Waals surface area contributed by atoms with Crippen LogP contribution >= 0.6 is 0 Å². The first-order valence-corrected chi connectivity index (χ1v) is 14.3. The molecule has 4 aliphatic heterocycles. The molecule has 4 bridgehead atoms. The van der Waals surface area contributed by atoms with E-state index in [1.165, 1.54) is 0 Å². The molecule has 222 valence electrons. The molecule has 0 saturated carbocycles. The van der Waals surface area contributed by atoms with Crippen molar-refractivity contribution in [2.75, 3.05) is 26.2 Å². The van der Waals surface area contributed by atoms with Gasteiger partial charge >= 0.3 is 0 Å². The van der Waals surface area contributed by atoms with E-state index in [4.69, 9.17) is 18.9 Å². The zero-order chi connectivity index (χ0) is 29.1. The number of morpholine rings is 2. The summed E-state index contributed by atoms with van der Waals surface area (Å²) in [6.07, 6.45) is -4.04. The van der Waals surface area contributed by atoms with Crippen LogP contribution in [0.3, 0.4) is 0 Å². The molecule has 6 rings (SSSR count). The maximum atomic E-state index is 12.9. The molecular weight excluding hydrogens is 544 g/mol. The van der Waals surface area contributed by atoms with Gasteiger partial charge in [0.05, 0.1) is 13.1 Å².